The lowest BCUT2D eigenvalue weighted by Crippen LogP contribution is -2.40. The standard InChI is InChI=1S/C26H22ClF3N4O2/c1-4-15(2)16-5-7-21(19(13-16)26(28,29)30)36-17-9-11-34(12-10-17)24-18(14-31)25(35)33(3)20-6-8-22(27)32-23(20)24/h4-8,13,17H,1-2,9-12H2,3H3. The van der Waals surface area contributed by atoms with Crippen molar-refractivity contribution in [3.05, 3.63) is 81.8 Å². The van der Waals surface area contributed by atoms with Crippen molar-refractivity contribution in [2.45, 2.75) is 25.1 Å². The maximum Gasteiger partial charge on any atom is 0.419 e. The van der Waals surface area contributed by atoms with Crippen molar-refractivity contribution in [3.63, 3.8) is 0 Å². The molecule has 0 bridgehead atoms. The van der Waals surface area contributed by atoms with Gasteiger partial charge in [0.25, 0.3) is 5.56 Å². The average Bonchev–Trinajstić information content (AvgIpc) is 2.85. The summed E-state index contributed by atoms with van der Waals surface area (Å²) in [5.41, 5.74) is 0.602. The van der Waals surface area contributed by atoms with E-state index in [0.29, 0.717) is 53.8 Å². The second-order valence-corrected chi connectivity index (χ2v) is 8.83. The van der Waals surface area contributed by atoms with Crippen molar-refractivity contribution < 1.29 is 17.9 Å². The first-order valence-corrected chi connectivity index (χ1v) is 11.5. The van der Waals surface area contributed by atoms with Gasteiger partial charge in [-0.15, -0.1) is 0 Å². The Morgan fingerprint density at radius 3 is 2.58 bits per heavy atom. The number of allylic oxidation sites excluding steroid dienone is 2. The average molecular weight is 515 g/mol. The van der Waals surface area contributed by atoms with Gasteiger partial charge in [-0.05, 0) is 35.4 Å². The number of nitriles is 1. The van der Waals surface area contributed by atoms with Crippen LogP contribution < -0.4 is 15.2 Å². The number of rotatable bonds is 5. The van der Waals surface area contributed by atoms with Crippen molar-refractivity contribution in [3.8, 4) is 11.8 Å². The number of hydrogen-bond acceptors (Lipinski definition) is 5. The lowest BCUT2D eigenvalue weighted by molar-refractivity contribution is -0.139. The summed E-state index contributed by atoms with van der Waals surface area (Å²) in [4.78, 5) is 19.0. The summed E-state index contributed by atoms with van der Waals surface area (Å²) in [6.45, 7) is 7.96. The van der Waals surface area contributed by atoms with Crippen molar-refractivity contribution in [2.24, 2.45) is 7.05 Å². The van der Waals surface area contributed by atoms with Crippen LogP contribution in [0.4, 0.5) is 18.9 Å². The zero-order chi connectivity index (χ0) is 26.2. The molecular weight excluding hydrogens is 493 g/mol. The molecule has 2 aromatic heterocycles. The van der Waals surface area contributed by atoms with E-state index in [4.69, 9.17) is 16.3 Å². The van der Waals surface area contributed by atoms with E-state index in [1.165, 1.54) is 22.8 Å². The van der Waals surface area contributed by atoms with Crippen molar-refractivity contribution in [2.75, 3.05) is 18.0 Å². The minimum Gasteiger partial charge on any atom is -0.490 e. The highest BCUT2D eigenvalue weighted by molar-refractivity contribution is 6.29. The number of piperidine rings is 1. The first-order valence-electron chi connectivity index (χ1n) is 11.1. The molecule has 10 heteroatoms. The molecule has 0 spiro atoms. The number of hydrogen-bond donors (Lipinski definition) is 0. The first kappa shape index (κ1) is 25.3. The van der Waals surface area contributed by atoms with Crippen molar-refractivity contribution in [1.29, 1.82) is 5.26 Å². The predicted octanol–water partition coefficient (Wildman–Crippen LogP) is 5.72. The number of aromatic nitrogens is 2. The van der Waals surface area contributed by atoms with Gasteiger partial charge < -0.3 is 14.2 Å². The fourth-order valence-corrected chi connectivity index (χ4v) is 4.47. The summed E-state index contributed by atoms with van der Waals surface area (Å²) in [6.07, 6.45) is -2.95. The molecule has 36 heavy (non-hydrogen) atoms. The van der Waals surface area contributed by atoms with Gasteiger partial charge in [-0.25, -0.2) is 4.98 Å². The first-order chi connectivity index (χ1) is 17.0. The van der Waals surface area contributed by atoms with E-state index in [2.05, 4.69) is 18.1 Å². The molecule has 0 unspecified atom stereocenters. The van der Waals surface area contributed by atoms with E-state index in [-0.39, 0.29) is 16.5 Å². The van der Waals surface area contributed by atoms with Gasteiger partial charge >= 0.3 is 6.18 Å². The summed E-state index contributed by atoms with van der Waals surface area (Å²) in [6, 6.07) is 9.03. The third-order valence-electron chi connectivity index (χ3n) is 6.25. The minimum absolute atomic E-state index is 0.0588. The number of pyridine rings is 2. The van der Waals surface area contributed by atoms with Gasteiger partial charge in [0.1, 0.15) is 34.2 Å². The molecule has 0 aliphatic carbocycles. The maximum atomic E-state index is 13.7. The fourth-order valence-electron chi connectivity index (χ4n) is 4.33. The quantitative estimate of drug-likeness (QED) is 0.321. The molecule has 1 saturated heterocycles. The number of benzene rings is 1. The zero-order valence-corrected chi connectivity index (χ0v) is 20.2. The van der Waals surface area contributed by atoms with Crippen LogP contribution in [-0.4, -0.2) is 28.7 Å². The van der Waals surface area contributed by atoms with E-state index in [9.17, 15) is 23.2 Å². The number of fused-ring (bicyclic) bond motifs is 1. The summed E-state index contributed by atoms with van der Waals surface area (Å²) in [5.74, 6) is -0.258. The molecule has 0 saturated carbocycles. The Labute approximate surface area is 210 Å². The molecule has 4 rings (SSSR count). The number of ether oxygens (including phenoxy) is 1. The third-order valence-corrected chi connectivity index (χ3v) is 6.46. The van der Waals surface area contributed by atoms with Crippen LogP contribution in [0.5, 0.6) is 5.75 Å². The zero-order valence-electron chi connectivity index (χ0n) is 19.4. The minimum atomic E-state index is -4.61. The molecule has 1 aliphatic rings. The highest BCUT2D eigenvalue weighted by Gasteiger charge is 2.36. The Bertz CT molecular complexity index is 1470. The molecule has 0 atom stereocenters. The van der Waals surface area contributed by atoms with Crippen LogP contribution in [0, 0.1) is 11.3 Å². The molecule has 3 heterocycles. The van der Waals surface area contributed by atoms with E-state index in [1.807, 2.05) is 11.0 Å². The molecule has 1 aliphatic heterocycles. The lowest BCUT2D eigenvalue weighted by Gasteiger charge is -2.35. The van der Waals surface area contributed by atoms with Crippen LogP contribution in [0.3, 0.4) is 0 Å². The number of nitrogens with zero attached hydrogens (tertiary/aromatic N) is 4. The molecule has 186 valence electrons. The fraction of sp³-hybridized carbons (Fsp3) is 0.269. The monoisotopic (exact) mass is 514 g/mol. The highest BCUT2D eigenvalue weighted by Crippen LogP contribution is 2.39. The van der Waals surface area contributed by atoms with E-state index in [0.717, 1.165) is 6.07 Å². The van der Waals surface area contributed by atoms with Crippen LogP contribution in [0.25, 0.3) is 16.6 Å². The van der Waals surface area contributed by atoms with Gasteiger partial charge in [-0.3, -0.25) is 4.79 Å². The van der Waals surface area contributed by atoms with Crippen molar-refractivity contribution in [1.82, 2.24) is 9.55 Å². The Hall–Kier alpha value is -3.77. The summed E-state index contributed by atoms with van der Waals surface area (Å²) in [7, 11) is 1.55. The van der Waals surface area contributed by atoms with Gasteiger partial charge in [-0.1, -0.05) is 36.9 Å². The van der Waals surface area contributed by atoms with Gasteiger partial charge in [0.2, 0.25) is 0 Å². The van der Waals surface area contributed by atoms with Crippen LogP contribution in [0.2, 0.25) is 5.15 Å². The van der Waals surface area contributed by atoms with Crippen LogP contribution in [0.15, 0.2) is 54.4 Å². The molecule has 1 fully saturated rings. The SMILES string of the molecule is C=CC(=C)c1ccc(OC2CCN(c3c(C#N)c(=O)n(C)c4ccc(Cl)nc34)CC2)c(C(F)(F)F)c1. The Morgan fingerprint density at radius 1 is 1.28 bits per heavy atom. The molecular formula is C26H22ClF3N4O2. The number of aryl methyl sites for hydroxylation is 1. The van der Waals surface area contributed by atoms with E-state index < -0.39 is 23.4 Å². The topological polar surface area (TPSA) is 71.2 Å². The van der Waals surface area contributed by atoms with Crippen LogP contribution in [-0.2, 0) is 13.2 Å². The van der Waals surface area contributed by atoms with Gasteiger partial charge in [0, 0.05) is 33.0 Å². The normalized spacial score (nSPS) is 14.5. The molecule has 1 aromatic carbocycles. The third kappa shape index (κ3) is 4.69. The van der Waals surface area contributed by atoms with E-state index in [1.54, 1.807) is 19.2 Å². The molecule has 3 aromatic rings. The predicted molar refractivity (Wildman–Crippen MR) is 133 cm³/mol. The molecule has 0 radical (unpaired) electrons. The summed E-state index contributed by atoms with van der Waals surface area (Å²) in [5, 5.41) is 9.94. The van der Waals surface area contributed by atoms with Gasteiger partial charge in [0.05, 0.1) is 16.8 Å². The van der Waals surface area contributed by atoms with Crippen LogP contribution in [0.1, 0.15) is 29.5 Å². The number of alkyl halides is 3. The Morgan fingerprint density at radius 2 is 1.97 bits per heavy atom. The number of halogens is 4. The van der Waals surface area contributed by atoms with E-state index >= 15 is 0 Å². The maximum absolute atomic E-state index is 13.7. The summed E-state index contributed by atoms with van der Waals surface area (Å²) < 4.78 is 48.4. The van der Waals surface area contributed by atoms with Crippen molar-refractivity contribution >= 4 is 33.9 Å². The summed E-state index contributed by atoms with van der Waals surface area (Å²) >= 11 is 6.10. The lowest BCUT2D eigenvalue weighted by atomic mass is 10.0. The van der Waals surface area contributed by atoms with Gasteiger partial charge in [-0.2, -0.15) is 18.4 Å². The van der Waals surface area contributed by atoms with Gasteiger partial charge in [0.15, 0.2) is 0 Å². The smallest absolute Gasteiger partial charge is 0.419 e. The molecule has 0 N–H and O–H groups in total. The largest absolute Gasteiger partial charge is 0.490 e. The Kier molecular flexibility index (Phi) is 6.83. The Balaban J connectivity index is 1.62. The number of anilines is 1. The highest BCUT2D eigenvalue weighted by atomic mass is 35.5. The second kappa shape index (κ2) is 9.70. The van der Waals surface area contributed by atoms with Crippen LogP contribution >= 0.6 is 11.6 Å². The molecule has 0 amide bonds. The second-order valence-electron chi connectivity index (χ2n) is 8.44. The molecule has 6 nitrogen and oxygen atoms in total.